The van der Waals surface area contributed by atoms with E-state index in [1.807, 2.05) is 6.92 Å². The van der Waals surface area contributed by atoms with Gasteiger partial charge in [0.1, 0.15) is 16.2 Å². The molecule has 5 heteroatoms. The molecule has 0 bridgehead atoms. The van der Waals surface area contributed by atoms with Crippen molar-refractivity contribution >= 4 is 33.3 Å². The number of aryl methyl sites for hydroxylation is 1. The van der Waals surface area contributed by atoms with E-state index in [1.165, 1.54) is 0 Å². The summed E-state index contributed by atoms with van der Waals surface area (Å²) >= 11 is 8.87. The van der Waals surface area contributed by atoms with Crippen LogP contribution in [0.15, 0.2) is 22.3 Å². The van der Waals surface area contributed by atoms with E-state index in [0.717, 1.165) is 10.4 Å². The van der Waals surface area contributed by atoms with Crippen molar-refractivity contribution in [3.05, 3.63) is 28.1 Å². The fourth-order valence-electron chi connectivity index (χ4n) is 0.808. The van der Waals surface area contributed by atoms with Gasteiger partial charge in [0.15, 0.2) is 0 Å². The Morgan fingerprint density at radius 3 is 2.92 bits per heavy atom. The third-order valence-electron chi connectivity index (χ3n) is 1.27. The molecule has 0 aliphatic rings. The first-order valence-electron chi connectivity index (χ1n) is 3.66. The summed E-state index contributed by atoms with van der Waals surface area (Å²) in [5.41, 5.74) is 0. The second-order valence-electron chi connectivity index (χ2n) is 2.49. The average Bonchev–Trinajstić information content (AvgIpc) is 1.99. The number of halogens is 2. The number of hydrogen-bond donors (Lipinski definition) is 1. The molecule has 1 rings (SSSR count). The molecule has 0 aliphatic carbocycles. The highest BCUT2D eigenvalue weighted by molar-refractivity contribution is 9.10. The van der Waals surface area contributed by atoms with Gasteiger partial charge in [0, 0.05) is 11.1 Å². The molecule has 1 aromatic rings. The maximum absolute atomic E-state index is 5.60. The molecule has 0 saturated carbocycles. The highest BCUT2D eigenvalue weighted by Gasteiger charge is 1.98. The van der Waals surface area contributed by atoms with Crippen molar-refractivity contribution in [1.82, 2.24) is 9.97 Å². The summed E-state index contributed by atoms with van der Waals surface area (Å²) in [6.07, 6.45) is 0. The van der Waals surface area contributed by atoms with Gasteiger partial charge in [-0.2, -0.15) is 0 Å². The molecule has 0 aromatic carbocycles. The van der Waals surface area contributed by atoms with Gasteiger partial charge in [0.2, 0.25) is 0 Å². The molecule has 13 heavy (non-hydrogen) atoms. The van der Waals surface area contributed by atoms with Crippen molar-refractivity contribution in [1.29, 1.82) is 0 Å². The normalized spacial score (nSPS) is 9.77. The molecule has 1 heterocycles. The number of aromatic nitrogens is 2. The first-order chi connectivity index (χ1) is 6.08. The van der Waals surface area contributed by atoms with Crippen molar-refractivity contribution in [3.63, 3.8) is 0 Å². The van der Waals surface area contributed by atoms with Crippen LogP contribution in [0.1, 0.15) is 5.82 Å². The van der Waals surface area contributed by atoms with E-state index < -0.39 is 0 Å². The molecule has 0 fully saturated rings. The van der Waals surface area contributed by atoms with Crippen LogP contribution in [-0.4, -0.2) is 16.5 Å². The Morgan fingerprint density at radius 1 is 1.69 bits per heavy atom. The Hall–Kier alpha value is -0.610. The maximum atomic E-state index is 5.60. The Kier molecular flexibility index (Phi) is 3.69. The molecule has 0 aliphatic heterocycles. The fourth-order valence-corrected chi connectivity index (χ4v) is 1.35. The quantitative estimate of drug-likeness (QED) is 0.851. The predicted molar refractivity (Wildman–Crippen MR) is 58.0 cm³/mol. The minimum atomic E-state index is 0.504. The monoisotopic (exact) mass is 261 g/mol. The Labute approximate surface area is 90.4 Å². The number of rotatable bonds is 3. The third kappa shape index (κ3) is 3.74. The Bertz CT molecular complexity index is 307. The molecule has 1 N–H and O–H groups in total. The van der Waals surface area contributed by atoms with Crippen molar-refractivity contribution in [2.24, 2.45) is 0 Å². The van der Waals surface area contributed by atoms with E-state index in [4.69, 9.17) is 11.6 Å². The molecule has 70 valence electrons. The number of nitrogens with zero attached hydrogens (tertiary/aromatic N) is 2. The topological polar surface area (TPSA) is 37.8 Å². The zero-order chi connectivity index (χ0) is 9.84. The summed E-state index contributed by atoms with van der Waals surface area (Å²) in [4.78, 5) is 8.23. The average molecular weight is 263 g/mol. The Morgan fingerprint density at radius 2 is 2.38 bits per heavy atom. The van der Waals surface area contributed by atoms with Gasteiger partial charge < -0.3 is 5.32 Å². The summed E-state index contributed by atoms with van der Waals surface area (Å²) in [6, 6.07) is 1.78. The highest BCUT2D eigenvalue weighted by atomic mass is 79.9. The van der Waals surface area contributed by atoms with Gasteiger partial charge in [0.25, 0.3) is 0 Å². The van der Waals surface area contributed by atoms with Crippen LogP contribution < -0.4 is 5.32 Å². The second kappa shape index (κ2) is 4.58. The summed E-state index contributed by atoms with van der Waals surface area (Å²) in [6.45, 7) is 5.89. The van der Waals surface area contributed by atoms with Crippen LogP contribution in [0, 0.1) is 6.92 Å². The number of anilines is 1. The fraction of sp³-hybridized carbons (Fsp3) is 0.250. The van der Waals surface area contributed by atoms with Crippen molar-refractivity contribution in [2.45, 2.75) is 6.92 Å². The van der Waals surface area contributed by atoms with E-state index in [-0.39, 0.29) is 0 Å². The first-order valence-corrected chi connectivity index (χ1v) is 4.83. The molecule has 0 saturated heterocycles. The first kappa shape index (κ1) is 10.5. The third-order valence-corrected chi connectivity index (χ3v) is 1.81. The Balaban J connectivity index is 2.71. The van der Waals surface area contributed by atoms with Gasteiger partial charge in [-0.1, -0.05) is 18.2 Å². The van der Waals surface area contributed by atoms with E-state index in [9.17, 15) is 0 Å². The van der Waals surface area contributed by atoms with Gasteiger partial charge in [0.05, 0.1) is 6.54 Å². The van der Waals surface area contributed by atoms with Gasteiger partial charge >= 0.3 is 0 Å². The van der Waals surface area contributed by atoms with Gasteiger partial charge in [-0.3, -0.25) is 0 Å². The van der Waals surface area contributed by atoms with E-state index in [0.29, 0.717) is 17.4 Å². The zero-order valence-electron chi connectivity index (χ0n) is 7.14. The molecule has 0 unspecified atom stereocenters. The molecular weight excluding hydrogens is 253 g/mol. The highest BCUT2D eigenvalue weighted by Crippen LogP contribution is 2.12. The standard InChI is InChI=1S/C8H9BrClN3/c1-5(10)4-11-8-3-7(9)12-6(2)13-8/h3H,1,4H2,2H3,(H,11,12,13). The summed E-state index contributed by atoms with van der Waals surface area (Å²) < 4.78 is 0.752. The van der Waals surface area contributed by atoms with Crippen molar-refractivity contribution in [3.8, 4) is 0 Å². The van der Waals surface area contributed by atoms with Crippen LogP contribution in [-0.2, 0) is 0 Å². The van der Waals surface area contributed by atoms with Crippen molar-refractivity contribution in [2.75, 3.05) is 11.9 Å². The largest absolute Gasteiger partial charge is 0.365 e. The van der Waals surface area contributed by atoms with Crippen LogP contribution in [0.4, 0.5) is 5.82 Å². The molecule has 3 nitrogen and oxygen atoms in total. The molecular formula is C8H9BrClN3. The molecule has 0 spiro atoms. The van der Waals surface area contributed by atoms with Crippen LogP contribution in [0.5, 0.6) is 0 Å². The number of nitrogens with one attached hydrogen (secondary N) is 1. The number of hydrogen-bond acceptors (Lipinski definition) is 3. The lowest BCUT2D eigenvalue weighted by Crippen LogP contribution is -2.04. The lowest BCUT2D eigenvalue weighted by molar-refractivity contribution is 1.02. The summed E-state index contributed by atoms with van der Waals surface area (Å²) in [5, 5.41) is 3.56. The van der Waals surface area contributed by atoms with Crippen LogP contribution >= 0.6 is 27.5 Å². The van der Waals surface area contributed by atoms with Crippen molar-refractivity contribution < 1.29 is 0 Å². The van der Waals surface area contributed by atoms with Gasteiger partial charge in [-0.15, -0.1) is 0 Å². The molecule has 0 amide bonds. The van der Waals surface area contributed by atoms with Crippen LogP contribution in [0.3, 0.4) is 0 Å². The zero-order valence-corrected chi connectivity index (χ0v) is 9.48. The van der Waals surface area contributed by atoms with Crippen LogP contribution in [0.2, 0.25) is 0 Å². The lowest BCUT2D eigenvalue weighted by atomic mass is 10.5. The minimum Gasteiger partial charge on any atom is -0.365 e. The molecule has 1 aromatic heterocycles. The SMILES string of the molecule is C=C(Cl)CNc1cc(Br)nc(C)n1. The summed E-state index contributed by atoms with van der Waals surface area (Å²) in [7, 11) is 0. The molecule has 0 radical (unpaired) electrons. The van der Waals surface area contributed by atoms with Crippen LogP contribution in [0.25, 0.3) is 0 Å². The van der Waals surface area contributed by atoms with E-state index in [2.05, 4.69) is 37.8 Å². The van der Waals surface area contributed by atoms with E-state index >= 15 is 0 Å². The van der Waals surface area contributed by atoms with Gasteiger partial charge in [-0.25, -0.2) is 9.97 Å². The van der Waals surface area contributed by atoms with E-state index in [1.54, 1.807) is 6.07 Å². The predicted octanol–water partition coefficient (Wildman–Crippen LogP) is 2.71. The maximum Gasteiger partial charge on any atom is 0.131 e. The minimum absolute atomic E-state index is 0.504. The van der Waals surface area contributed by atoms with Gasteiger partial charge in [-0.05, 0) is 22.9 Å². The summed E-state index contributed by atoms with van der Waals surface area (Å²) in [5.74, 6) is 1.44. The molecule has 0 atom stereocenters. The lowest BCUT2D eigenvalue weighted by Gasteiger charge is -2.04. The smallest absolute Gasteiger partial charge is 0.131 e. The second-order valence-corrected chi connectivity index (χ2v) is 3.84.